The van der Waals surface area contributed by atoms with E-state index in [2.05, 4.69) is 14.8 Å². The third kappa shape index (κ3) is 8.91. The zero-order valence-electron chi connectivity index (χ0n) is 10.6. The van der Waals surface area contributed by atoms with E-state index in [9.17, 15) is 14.3 Å². The zero-order chi connectivity index (χ0) is 13.4. The average molecular weight is 343 g/mol. The third-order valence-electron chi connectivity index (χ3n) is 1.58. The fourth-order valence-electron chi connectivity index (χ4n) is 0.868. The molecule has 92 valence electrons. The molecule has 0 atom stereocenters. The molecule has 4 heteroatoms. The predicted molar refractivity (Wildman–Crippen MR) is 68.4 cm³/mol. The summed E-state index contributed by atoms with van der Waals surface area (Å²) in [6, 6.07) is 5.55. The molecule has 0 saturated carbocycles. The van der Waals surface area contributed by atoms with Gasteiger partial charge in [-0.2, -0.15) is 0 Å². The molecule has 0 unspecified atom stereocenters. The summed E-state index contributed by atoms with van der Waals surface area (Å²) in [5.41, 5.74) is 0.759. The molecule has 1 rings (SSSR count). The van der Waals surface area contributed by atoms with Crippen molar-refractivity contribution < 1.29 is 14.3 Å². The summed E-state index contributed by atoms with van der Waals surface area (Å²) in [4.78, 5) is 17.4. The van der Waals surface area contributed by atoms with Gasteiger partial charge in [0.25, 0.3) is 0 Å². The fraction of sp³-hybridized carbons (Fsp3) is 0.308. The molecule has 0 aromatic heterocycles. The third-order valence-corrected chi connectivity index (χ3v) is 1.58. The molecular weight excluding hydrogens is 326 g/mol. The van der Waals surface area contributed by atoms with Crippen molar-refractivity contribution in [3.05, 3.63) is 41.2 Å². The zero-order valence-corrected chi connectivity index (χ0v) is 13.4. The number of carboxylic acids is 1. The van der Waals surface area contributed by atoms with E-state index in [-0.39, 0.29) is 11.4 Å². The van der Waals surface area contributed by atoms with Crippen molar-refractivity contribution in [2.45, 2.75) is 21.7 Å². The van der Waals surface area contributed by atoms with Gasteiger partial charge in [-0.05, 0) is 30.2 Å². The predicted octanol–water partition coefficient (Wildman–Crippen LogP) is 2.35. The van der Waals surface area contributed by atoms with Crippen LogP contribution in [0.3, 0.4) is 0 Å². The molecule has 0 amide bonds. The molecule has 1 aromatic rings. The van der Waals surface area contributed by atoms with Gasteiger partial charge in [0.15, 0.2) is 0 Å². The van der Waals surface area contributed by atoms with Crippen molar-refractivity contribution in [3.63, 3.8) is 0 Å². The molecule has 17 heavy (non-hydrogen) atoms. The summed E-state index contributed by atoms with van der Waals surface area (Å²) in [5, 5.41) is 10.3. The topological polar surface area (TPSA) is 40.1 Å². The summed E-state index contributed by atoms with van der Waals surface area (Å²) >= 11 is -0.543. The van der Waals surface area contributed by atoms with Crippen LogP contribution in [-0.4, -0.2) is 25.7 Å². The van der Waals surface area contributed by atoms with Crippen LogP contribution >= 0.6 is 0 Å². The van der Waals surface area contributed by atoms with Gasteiger partial charge >= 0.3 is 34.6 Å². The Labute approximate surface area is 109 Å². The van der Waals surface area contributed by atoms with Gasteiger partial charge in [-0.25, -0.2) is 4.39 Å². The normalized spacial score (nSPS) is 10.3. The van der Waals surface area contributed by atoms with Crippen LogP contribution in [-0.2, 0) is 4.79 Å². The van der Waals surface area contributed by atoms with Gasteiger partial charge in [0, 0.05) is 0 Å². The number of rotatable bonds is 2. The van der Waals surface area contributed by atoms with Crippen molar-refractivity contribution in [1.82, 2.24) is 0 Å². The van der Waals surface area contributed by atoms with E-state index in [1.807, 2.05) is 0 Å². The van der Waals surface area contributed by atoms with E-state index in [0.717, 1.165) is 0 Å². The van der Waals surface area contributed by atoms with Gasteiger partial charge in [-0.3, -0.25) is 0 Å². The second kappa shape index (κ2) is 8.28. The van der Waals surface area contributed by atoms with Crippen LogP contribution in [0.25, 0.3) is 6.08 Å². The standard InChI is InChI=1S/C10H9FO2.3CH3.Sn/c1-7(10(12)13)6-8-2-4-9(11)5-3-8;;;;/h2-6H,1H3,(H,12,13);3*1H3;/q;;;;+1/p-1/b7-6+;;;;. The maximum absolute atomic E-state index is 12.4. The first kappa shape index (κ1) is 16.2. The number of halogens is 1. The summed E-state index contributed by atoms with van der Waals surface area (Å²) in [6.07, 6.45) is 1.43. The minimum absolute atomic E-state index is 0.117. The molecule has 0 aliphatic rings. The van der Waals surface area contributed by atoms with Crippen molar-refractivity contribution in [2.75, 3.05) is 0 Å². The maximum atomic E-state index is 12.4. The molecule has 0 bridgehead atoms. The molecule has 0 fully saturated rings. The molecular formula is C13H17FO2Sn. The molecule has 0 aliphatic heterocycles. The molecule has 0 spiro atoms. The van der Waals surface area contributed by atoms with E-state index >= 15 is 0 Å². The Balaban J connectivity index is 0.000000557. The van der Waals surface area contributed by atoms with Crippen molar-refractivity contribution in [1.29, 1.82) is 0 Å². The van der Waals surface area contributed by atoms with E-state index in [0.29, 0.717) is 5.56 Å². The van der Waals surface area contributed by atoms with Crippen molar-refractivity contribution >= 4 is 31.8 Å². The van der Waals surface area contributed by atoms with Crippen LogP contribution in [0.2, 0.25) is 14.8 Å². The Morgan fingerprint density at radius 1 is 1.24 bits per heavy atom. The van der Waals surface area contributed by atoms with Gasteiger partial charge in [0.05, 0.1) is 5.97 Å². The number of benzene rings is 1. The summed E-state index contributed by atoms with van der Waals surface area (Å²) < 4.78 is 12.4. The van der Waals surface area contributed by atoms with Crippen molar-refractivity contribution in [3.8, 4) is 0 Å². The summed E-state index contributed by atoms with van der Waals surface area (Å²) in [7, 11) is 0. The Morgan fingerprint density at radius 2 is 1.65 bits per heavy atom. The number of aliphatic carboxylic acids is 1. The van der Waals surface area contributed by atoms with Crippen molar-refractivity contribution in [2.24, 2.45) is 0 Å². The molecule has 0 N–H and O–H groups in total. The number of carbonyl (C=O) groups excluding carboxylic acids is 1. The Hall–Kier alpha value is -0.841. The fourth-order valence-corrected chi connectivity index (χ4v) is 0.868. The van der Waals surface area contributed by atoms with Crippen LogP contribution in [0.4, 0.5) is 4.39 Å². The van der Waals surface area contributed by atoms with E-state index in [4.69, 9.17) is 0 Å². The summed E-state index contributed by atoms with van der Waals surface area (Å²) in [5.74, 6) is -1.56. The second-order valence-corrected chi connectivity index (χ2v) is 12.7. The molecule has 0 saturated heterocycles. The summed E-state index contributed by atoms with van der Waals surface area (Å²) in [6.45, 7) is 1.43. The molecule has 2 nitrogen and oxygen atoms in total. The molecule has 0 radical (unpaired) electrons. The van der Waals surface area contributed by atoms with E-state index in [1.54, 1.807) is 0 Å². The van der Waals surface area contributed by atoms with E-state index in [1.165, 1.54) is 37.3 Å². The van der Waals surface area contributed by atoms with Gasteiger partial charge < -0.3 is 9.90 Å². The van der Waals surface area contributed by atoms with Gasteiger partial charge in [-0.1, -0.05) is 18.2 Å². The number of hydrogen-bond donors (Lipinski definition) is 0. The van der Waals surface area contributed by atoms with Crippen LogP contribution in [0, 0.1) is 5.82 Å². The Kier molecular flexibility index (Phi) is 7.87. The molecule has 0 aliphatic carbocycles. The van der Waals surface area contributed by atoms with Crippen LogP contribution in [0.1, 0.15) is 12.5 Å². The molecule has 0 heterocycles. The first-order valence-electron chi connectivity index (χ1n) is 5.25. The first-order chi connectivity index (χ1) is 7.82. The second-order valence-electron chi connectivity index (χ2n) is 4.17. The molecule has 1 aromatic carbocycles. The van der Waals surface area contributed by atoms with E-state index < -0.39 is 25.7 Å². The quantitative estimate of drug-likeness (QED) is 0.611. The first-order valence-corrected chi connectivity index (χ1v) is 13.8. The van der Waals surface area contributed by atoms with Crippen LogP contribution < -0.4 is 5.11 Å². The van der Waals surface area contributed by atoms with Gasteiger partial charge in [-0.15, -0.1) is 0 Å². The van der Waals surface area contributed by atoms with Gasteiger partial charge in [0.1, 0.15) is 5.82 Å². The van der Waals surface area contributed by atoms with Crippen LogP contribution in [0.15, 0.2) is 29.8 Å². The number of hydrogen-bond acceptors (Lipinski definition) is 2. The number of carboxylic acid groups (broad SMARTS) is 1. The number of carbonyl (C=O) groups is 1. The van der Waals surface area contributed by atoms with Crippen LogP contribution in [0.5, 0.6) is 0 Å². The van der Waals surface area contributed by atoms with Gasteiger partial charge in [0.2, 0.25) is 0 Å². The Morgan fingerprint density at radius 3 is 2.00 bits per heavy atom. The monoisotopic (exact) mass is 344 g/mol. The minimum atomic E-state index is -1.22. The average Bonchev–Trinajstić information content (AvgIpc) is 2.20. The Bertz CT molecular complexity index is 380. The SMILES string of the molecule is C/C(=C\c1ccc(F)cc1)C(=O)[O-].[CH3][Sn+]([CH3])[CH3].